The van der Waals surface area contributed by atoms with Gasteiger partial charge in [0.05, 0.1) is 17.3 Å². The van der Waals surface area contributed by atoms with Crippen LogP contribution in [-0.4, -0.2) is 33.6 Å². The molecule has 0 saturated carbocycles. The van der Waals surface area contributed by atoms with E-state index in [0.717, 1.165) is 0 Å². The minimum atomic E-state index is -0.378. The third kappa shape index (κ3) is 5.06. The van der Waals surface area contributed by atoms with E-state index >= 15 is 0 Å². The summed E-state index contributed by atoms with van der Waals surface area (Å²) in [7, 11) is 0. The molecule has 6 heteroatoms. The molecular weight excluding hydrogens is 278 g/mol. The molecule has 1 aromatic rings. The van der Waals surface area contributed by atoms with Crippen LogP contribution in [0, 0.1) is 5.92 Å². The van der Waals surface area contributed by atoms with Gasteiger partial charge in [0, 0.05) is 12.5 Å². The number of aliphatic hydroxyl groups is 1. The molecule has 1 heterocycles. The van der Waals surface area contributed by atoms with Crippen molar-refractivity contribution in [1.82, 2.24) is 15.3 Å². The summed E-state index contributed by atoms with van der Waals surface area (Å²) in [6.07, 6.45) is 1.71. The van der Waals surface area contributed by atoms with Crippen molar-refractivity contribution in [2.45, 2.75) is 46.1 Å². The standard InChI is InChI=1S/C14H22ClN3O2/c1-8(2)13-16-7-11(15)12(18-13)14(20)17-6-9(3)5-10(4)19/h7-10,19H,5-6H2,1-4H3,(H,17,20). The van der Waals surface area contributed by atoms with E-state index in [1.54, 1.807) is 6.92 Å². The lowest BCUT2D eigenvalue weighted by Crippen LogP contribution is -2.30. The lowest BCUT2D eigenvalue weighted by atomic mass is 10.0. The van der Waals surface area contributed by atoms with Crippen LogP contribution in [-0.2, 0) is 0 Å². The van der Waals surface area contributed by atoms with Crippen molar-refractivity contribution < 1.29 is 9.90 Å². The van der Waals surface area contributed by atoms with Crippen molar-refractivity contribution in [3.63, 3.8) is 0 Å². The van der Waals surface area contributed by atoms with E-state index in [1.165, 1.54) is 6.20 Å². The molecule has 2 atom stereocenters. The largest absolute Gasteiger partial charge is 0.393 e. The summed E-state index contributed by atoms with van der Waals surface area (Å²) in [5, 5.41) is 12.3. The Hall–Kier alpha value is -1.20. The van der Waals surface area contributed by atoms with Crippen molar-refractivity contribution in [3.05, 3.63) is 22.7 Å². The molecule has 0 aliphatic heterocycles. The van der Waals surface area contributed by atoms with Crippen LogP contribution in [0.4, 0.5) is 0 Å². The number of rotatable bonds is 6. The molecule has 5 nitrogen and oxygen atoms in total. The zero-order valence-corrected chi connectivity index (χ0v) is 13.1. The first-order chi connectivity index (χ1) is 9.31. The number of carbonyl (C=O) groups is 1. The Balaban J connectivity index is 2.70. The fourth-order valence-corrected chi connectivity index (χ4v) is 2.01. The van der Waals surface area contributed by atoms with Crippen LogP contribution in [0.5, 0.6) is 0 Å². The van der Waals surface area contributed by atoms with Crippen molar-refractivity contribution in [2.75, 3.05) is 6.54 Å². The fraction of sp³-hybridized carbons (Fsp3) is 0.643. The monoisotopic (exact) mass is 299 g/mol. The lowest BCUT2D eigenvalue weighted by Gasteiger charge is -2.14. The van der Waals surface area contributed by atoms with E-state index in [0.29, 0.717) is 18.8 Å². The minimum Gasteiger partial charge on any atom is -0.393 e. The number of aliphatic hydroxyl groups excluding tert-OH is 1. The zero-order chi connectivity index (χ0) is 15.3. The second-order valence-corrected chi connectivity index (χ2v) is 5.89. The highest BCUT2D eigenvalue weighted by molar-refractivity contribution is 6.33. The average molecular weight is 300 g/mol. The number of halogens is 1. The first kappa shape index (κ1) is 16.9. The van der Waals surface area contributed by atoms with Gasteiger partial charge in [0.15, 0.2) is 0 Å². The van der Waals surface area contributed by atoms with Crippen molar-refractivity contribution in [3.8, 4) is 0 Å². The zero-order valence-electron chi connectivity index (χ0n) is 12.4. The summed E-state index contributed by atoms with van der Waals surface area (Å²) in [4.78, 5) is 20.4. The molecule has 0 fully saturated rings. The lowest BCUT2D eigenvalue weighted by molar-refractivity contribution is 0.0934. The topological polar surface area (TPSA) is 75.1 Å². The van der Waals surface area contributed by atoms with E-state index in [1.807, 2.05) is 20.8 Å². The molecule has 20 heavy (non-hydrogen) atoms. The Morgan fingerprint density at radius 3 is 2.60 bits per heavy atom. The summed E-state index contributed by atoms with van der Waals surface area (Å²) in [6.45, 7) is 8.08. The second kappa shape index (κ2) is 7.55. The van der Waals surface area contributed by atoms with Crippen LogP contribution in [0.25, 0.3) is 0 Å². The van der Waals surface area contributed by atoms with Gasteiger partial charge in [0.2, 0.25) is 0 Å². The van der Waals surface area contributed by atoms with E-state index in [-0.39, 0.29) is 34.6 Å². The molecule has 0 spiro atoms. The molecule has 2 unspecified atom stereocenters. The van der Waals surface area contributed by atoms with Crippen LogP contribution in [0.2, 0.25) is 5.02 Å². The van der Waals surface area contributed by atoms with Gasteiger partial charge in [-0.05, 0) is 19.3 Å². The number of carbonyl (C=O) groups excluding carboxylic acids is 1. The summed E-state index contributed by atoms with van der Waals surface area (Å²) >= 11 is 5.97. The molecule has 0 aliphatic rings. The average Bonchev–Trinajstić information content (AvgIpc) is 2.35. The number of hydrogen-bond donors (Lipinski definition) is 2. The predicted octanol–water partition coefficient (Wildman–Crippen LogP) is 2.39. The molecule has 0 bridgehead atoms. The number of nitrogens with one attached hydrogen (secondary N) is 1. The molecule has 0 aliphatic carbocycles. The molecule has 0 radical (unpaired) electrons. The van der Waals surface area contributed by atoms with Gasteiger partial charge >= 0.3 is 0 Å². The number of aromatic nitrogens is 2. The van der Waals surface area contributed by atoms with Crippen molar-refractivity contribution in [2.24, 2.45) is 5.92 Å². The third-order valence-electron chi connectivity index (χ3n) is 2.85. The first-order valence-electron chi connectivity index (χ1n) is 6.80. The Labute approximate surface area is 124 Å². The number of amides is 1. The van der Waals surface area contributed by atoms with E-state index in [2.05, 4.69) is 15.3 Å². The summed E-state index contributed by atoms with van der Waals surface area (Å²) in [5.74, 6) is 0.602. The van der Waals surface area contributed by atoms with Gasteiger partial charge in [-0.15, -0.1) is 0 Å². The van der Waals surface area contributed by atoms with Crippen molar-refractivity contribution in [1.29, 1.82) is 0 Å². The second-order valence-electron chi connectivity index (χ2n) is 5.48. The maximum Gasteiger partial charge on any atom is 0.271 e. The summed E-state index contributed by atoms with van der Waals surface area (Å²) < 4.78 is 0. The number of nitrogens with zero attached hydrogens (tertiary/aromatic N) is 2. The Morgan fingerprint density at radius 2 is 2.05 bits per heavy atom. The van der Waals surface area contributed by atoms with Gasteiger partial charge in [-0.25, -0.2) is 9.97 Å². The maximum absolute atomic E-state index is 12.1. The van der Waals surface area contributed by atoms with Gasteiger partial charge in [-0.1, -0.05) is 32.4 Å². The highest BCUT2D eigenvalue weighted by atomic mass is 35.5. The SMILES string of the molecule is CC(O)CC(C)CNC(=O)c1nc(C(C)C)ncc1Cl. The Morgan fingerprint density at radius 1 is 1.40 bits per heavy atom. The summed E-state index contributed by atoms with van der Waals surface area (Å²) in [6, 6.07) is 0. The molecule has 0 saturated heterocycles. The number of hydrogen-bond acceptors (Lipinski definition) is 4. The highest BCUT2D eigenvalue weighted by Gasteiger charge is 2.16. The maximum atomic E-state index is 12.1. The smallest absolute Gasteiger partial charge is 0.271 e. The first-order valence-corrected chi connectivity index (χ1v) is 7.17. The Bertz CT molecular complexity index is 464. The van der Waals surface area contributed by atoms with Gasteiger partial charge in [-0.3, -0.25) is 4.79 Å². The van der Waals surface area contributed by atoms with E-state index in [9.17, 15) is 9.90 Å². The van der Waals surface area contributed by atoms with E-state index in [4.69, 9.17) is 11.6 Å². The van der Waals surface area contributed by atoms with Crippen LogP contribution in [0.15, 0.2) is 6.20 Å². The van der Waals surface area contributed by atoms with Crippen LogP contribution in [0.3, 0.4) is 0 Å². The fourth-order valence-electron chi connectivity index (χ4n) is 1.83. The van der Waals surface area contributed by atoms with Gasteiger partial charge in [-0.2, -0.15) is 0 Å². The predicted molar refractivity (Wildman–Crippen MR) is 78.9 cm³/mol. The molecule has 0 aromatic carbocycles. The molecular formula is C14H22ClN3O2. The molecule has 112 valence electrons. The normalized spacial score (nSPS) is 14.2. The molecule has 1 amide bonds. The van der Waals surface area contributed by atoms with Crippen LogP contribution >= 0.6 is 11.6 Å². The Kier molecular flexibility index (Phi) is 6.36. The molecule has 1 rings (SSSR count). The highest BCUT2D eigenvalue weighted by Crippen LogP contribution is 2.16. The van der Waals surface area contributed by atoms with Gasteiger partial charge in [0.1, 0.15) is 11.5 Å². The quantitative estimate of drug-likeness (QED) is 0.846. The molecule has 2 N–H and O–H groups in total. The van der Waals surface area contributed by atoms with Gasteiger partial charge < -0.3 is 10.4 Å². The van der Waals surface area contributed by atoms with Crippen LogP contribution < -0.4 is 5.32 Å². The minimum absolute atomic E-state index is 0.132. The third-order valence-corrected chi connectivity index (χ3v) is 3.13. The van der Waals surface area contributed by atoms with Crippen LogP contribution in [0.1, 0.15) is 56.3 Å². The van der Waals surface area contributed by atoms with E-state index < -0.39 is 0 Å². The van der Waals surface area contributed by atoms with Gasteiger partial charge in [0.25, 0.3) is 5.91 Å². The molecule has 1 aromatic heterocycles. The summed E-state index contributed by atoms with van der Waals surface area (Å²) in [5.41, 5.74) is 0.203. The van der Waals surface area contributed by atoms with Crippen molar-refractivity contribution >= 4 is 17.5 Å².